The molecule has 1 aromatic rings. The molecule has 0 saturated carbocycles. The molecule has 1 atom stereocenters. The number of rotatable bonds is 3. The average molecular weight is 267 g/mol. The maximum absolute atomic E-state index is 6.18. The Hall–Kier alpha value is -0.450. The van der Waals surface area contributed by atoms with E-state index in [2.05, 4.69) is 37.6 Å². The molecule has 1 aliphatic heterocycles. The lowest BCUT2D eigenvalue weighted by Gasteiger charge is -2.42. The van der Waals surface area contributed by atoms with Gasteiger partial charge in [-0.3, -0.25) is 4.90 Å². The number of hydrogen-bond acceptors (Lipinski definition) is 4. The summed E-state index contributed by atoms with van der Waals surface area (Å²) in [6.45, 7) is 12.2. The van der Waals surface area contributed by atoms with Crippen LogP contribution in [0.2, 0.25) is 0 Å². The Morgan fingerprint density at radius 2 is 2.28 bits per heavy atom. The molecule has 0 amide bonds. The first-order chi connectivity index (χ1) is 8.38. The van der Waals surface area contributed by atoms with E-state index in [9.17, 15) is 0 Å². The standard InChI is InChI=1S/C14H25N3S/c1-10(2)13-16-7-11(18-13)8-17-6-5-12(15)14(3,4)9-17/h7,10,12H,5-6,8-9,15H2,1-4H3. The highest BCUT2D eigenvalue weighted by Gasteiger charge is 2.33. The predicted molar refractivity (Wildman–Crippen MR) is 77.9 cm³/mol. The van der Waals surface area contributed by atoms with Gasteiger partial charge in [0.15, 0.2) is 0 Å². The lowest BCUT2D eigenvalue weighted by molar-refractivity contribution is 0.0906. The lowest BCUT2D eigenvalue weighted by Crippen LogP contribution is -2.51. The number of piperidine rings is 1. The molecule has 0 bridgehead atoms. The maximum atomic E-state index is 6.18. The zero-order valence-electron chi connectivity index (χ0n) is 11.9. The van der Waals surface area contributed by atoms with Crippen molar-refractivity contribution in [3.8, 4) is 0 Å². The van der Waals surface area contributed by atoms with Gasteiger partial charge < -0.3 is 5.73 Å². The second-order valence-corrected chi connectivity index (χ2v) is 7.56. The predicted octanol–water partition coefficient (Wildman–Crippen LogP) is 2.83. The van der Waals surface area contributed by atoms with Crippen molar-refractivity contribution in [1.29, 1.82) is 0 Å². The van der Waals surface area contributed by atoms with E-state index in [-0.39, 0.29) is 5.41 Å². The molecule has 4 heteroatoms. The van der Waals surface area contributed by atoms with Crippen LogP contribution in [0.1, 0.15) is 49.9 Å². The Kier molecular flexibility index (Phi) is 4.09. The SMILES string of the molecule is CC(C)c1ncc(CN2CCC(N)C(C)(C)C2)s1. The van der Waals surface area contributed by atoms with Crippen LogP contribution < -0.4 is 5.73 Å². The smallest absolute Gasteiger partial charge is 0.0953 e. The van der Waals surface area contributed by atoms with Crippen molar-refractivity contribution in [3.05, 3.63) is 16.1 Å². The molecule has 2 rings (SSSR count). The second kappa shape index (κ2) is 5.27. The van der Waals surface area contributed by atoms with Crippen molar-refractivity contribution < 1.29 is 0 Å². The van der Waals surface area contributed by atoms with E-state index >= 15 is 0 Å². The molecule has 3 nitrogen and oxygen atoms in total. The second-order valence-electron chi connectivity index (χ2n) is 6.41. The molecular formula is C14H25N3S. The Bertz CT molecular complexity index is 397. The van der Waals surface area contributed by atoms with Crippen LogP contribution in [0, 0.1) is 5.41 Å². The van der Waals surface area contributed by atoms with Crippen LogP contribution in [0.4, 0.5) is 0 Å². The fraction of sp³-hybridized carbons (Fsp3) is 0.786. The molecule has 102 valence electrons. The third-order valence-corrected chi connectivity index (χ3v) is 5.12. The molecule has 0 aromatic carbocycles. The quantitative estimate of drug-likeness (QED) is 0.915. The first-order valence-corrected chi connectivity index (χ1v) is 7.62. The van der Waals surface area contributed by atoms with Crippen LogP contribution in [0.25, 0.3) is 0 Å². The number of hydrogen-bond donors (Lipinski definition) is 1. The molecule has 1 aliphatic rings. The summed E-state index contributed by atoms with van der Waals surface area (Å²) in [5, 5.41) is 1.25. The van der Waals surface area contributed by atoms with Gasteiger partial charge >= 0.3 is 0 Å². The molecule has 0 aliphatic carbocycles. The van der Waals surface area contributed by atoms with E-state index in [0.717, 1.165) is 26.1 Å². The van der Waals surface area contributed by atoms with Crippen molar-refractivity contribution in [2.45, 2.75) is 52.6 Å². The number of likely N-dealkylation sites (tertiary alicyclic amines) is 1. The molecule has 18 heavy (non-hydrogen) atoms. The van der Waals surface area contributed by atoms with Gasteiger partial charge in [0, 0.05) is 42.7 Å². The minimum atomic E-state index is 0.226. The van der Waals surface area contributed by atoms with Gasteiger partial charge in [0.05, 0.1) is 5.01 Å². The van der Waals surface area contributed by atoms with E-state index < -0.39 is 0 Å². The summed E-state index contributed by atoms with van der Waals surface area (Å²) < 4.78 is 0. The van der Waals surface area contributed by atoms with Crippen molar-refractivity contribution in [2.75, 3.05) is 13.1 Å². The van der Waals surface area contributed by atoms with Crippen LogP contribution in [-0.4, -0.2) is 29.0 Å². The van der Waals surface area contributed by atoms with Gasteiger partial charge in [-0.25, -0.2) is 4.98 Å². The van der Waals surface area contributed by atoms with E-state index in [1.165, 1.54) is 9.88 Å². The minimum Gasteiger partial charge on any atom is -0.327 e. The zero-order valence-corrected chi connectivity index (χ0v) is 12.8. The molecule has 1 aromatic heterocycles. The number of nitrogens with two attached hydrogens (primary N) is 1. The lowest BCUT2D eigenvalue weighted by atomic mass is 9.80. The topological polar surface area (TPSA) is 42.2 Å². The Labute approximate surface area is 114 Å². The van der Waals surface area contributed by atoms with Crippen molar-refractivity contribution in [2.24, 2.45) is 11.1 Å². The van der Waals surface area contributed by atoms with E-state index in [0.29, 0.717) is 12.0 Å². The fourth-order valence-corrected chi connectivity index (χ4v) is 3.47. The summed E-state index contributed by atoms with van der Waals surface area (Å²) in [4.78, 5) is 8.39. The minimum absolute atomic E-state index is 0.226. The molecule has 1 saturated heterocycles. The highest BCUT2D eigenvalue weighted by Crippen LogP contribution is 2.30. The number of nitrogens with zero attached hydrogens (tertiary/aromatic N) is 2. The molecule has 1 unspecified atom stereocenters. The Balaban J connectivity index is 1.97. The Morgan fingerprint density at radius 1 is 1.56 bits per heavy atom. The zero-order chi connectivity index (χ0) is 13.3. The van der Waals surface area contributed by atoms with Crippen molar-refractivity contribution >= 4 is 11.3 Å². The fourth-order valence-electron chi connectivity index (χ4n) is 2.50. The summed E-state index contributed by atoms with van der Waals surface area (Å²) in [5.74, 6) is 0.537. The van der Waals surface area contributed by atoms with E-state index in [1.807, 2.05) is 17.5 Å². The summed E-state index contributed by atoms with van der Waals surface area (Å²) in [6, 6.07) is 0.335. The molecule has 2 N–H and O–H groups in total. The summed E-state index contributed by atoms with van der Waals surface area (Å²) in [7, 11) is 0. The highest BCUT2D eigenvalue weighted by atomic mass is 32.1. The molecular weight excluding hydrogens is 242 g/mol. The third kappa shape index (κ3) is 3.11. The summed E-state index contributed by atoms with van der Waals surface area (Å²) in [6.07, 6.45) is 3.14. The van der Waals surface area contributed by atoms with E-state index in [4.69, 9.17) is 5.73 Å². The van der Waals surface area contributed by atoms with Crippen molar-refractivity contribution in [3.63, 3.8) is 0 Å². The van der Waals surface area contributed by atoms with Gasteiger partial charge in [0.2, 0.25) is 0 Å². The maximum Gasteiger partial charge on any atom is 0.0953 e. The van der Waals surface area contributed by atoms with Crippen LogP contribution in [0.3, 0.4) is 0 Å². The van der Waals surface area contributed by atoms with Crippen molar-refractivity contribution in [1.82, 2.24) is 9.88 Å². The average Bonchev–Trinajstić information content (AvgIpc) is 2.72. The van der Waals surface area contributed by atoms with Gasteiger partial charge in [-0.1, -0.05) is 27.7 Å². The number of thiazole rings is 1. The molecule has 2 heterocycles. The van der Waals surface area contributed by atoms with Gasteiger partial charge in [-0.2, -0.15) is 0 Å². The molecule has 1 fully saturated rings. The van der Waals surface area contributed by atoms with Crippen LogP contribution in [-0.2, 0) is 6.54 Å². The first-order valence-electron chi connectivity index (χ1n) is 6.81. The normalized spacial score (nSPS) is 24.7. The van der Waals surface area contributed by atoms with Crippen LogP contribution in [0.5, 0.6) is 0 Å². The monoisotopic (exact) mass is 267 g/mol. The summed E-state index contributed by atoms with van der Waals surface area (Å²) in [5.41, 5.74) is 6.40. The van der Waals surface area contributed by atoms with Gasteiger partial charge in [-0.05, 0) is 11.8 Å². The third-order valence-electron chi connectivity index (χ3n) is 3.84. The van der Waals surface area contributed by atoms with Gasteiger partial charge in [0.25, 0.3) is 0 Å². The summed E-state index contributed by atoms with van der Waals surface area (Å²) >= 11 is 1.85. The number of aromatic nitrogens is 1. The molecule has 0 radical (unpaired) electrons. The molecule has 0 spiro atoms. The largest absolute Gasteiger partial charge is 0.327 e. The Morgan fingerprint density at radius 3 is 2.83 bits per heavy atom. The van der Waals surface area contributed by atoms with Crippen LogP contribution >= 0.6 is 11.3 Å². The van der Waals surface area contributed by atoms with Gasteiger partial charge in [0.1, 0.15) is 0 Å². The van der Waals surface area contributed by atoms with E-state index in [1.54, 1.807) is 0 Å². The highest BCUT2D eigenvalue weighted by molar-refractivity contribution is 7.11. The first kappa shape index (κ1) is 14.0. The van der Waals surface area contributed by atoms with Crippen LogP contribution in [0.15, 0.2) is 6.20 Å². The van der Waals surface area contributed by atoms with Gasteiger partial charge in [-0.15, -0.1) is 11.3 Å².